The predicted molar refractivity (Wildman–Crippen MR) is 89.1 cm³/mol. The van der Waals surface area contributed by atoms with E-state index >= 15 is 0 Å². The summed E-state index contributed by atoms with van der Waals surface area (Å²) in [5.74, 6) is 3.04. The van der Waals surface area contributed by atoms with Crippen LogP contribution in [-0.2, 0) is 0 Å². The van der Waals surface area contributed by atoms with E-state index in [9.17, 15) is 0 Å². The Labute approximate surface area is 134 Å². The molecule has 0 radical (unpaired) electrons. The second-order valence-electron chi connectivity index (χ2n) is 7.00. The zero-order valence-electron chi connectivity index (χ0n) is 14.7. The van der Waals surface area contributed by atoms with Gasteiger partial charge in [0.15, 0.2) is 11.5 Å². The first kappa shape index (κ1) is 16.9. The Morgan fingerprint density at radius 3 is 2.45 bits per heavy atom. The highest BCUT2D eigenvalue weighted by molar-refractivity contribution is 5.53. The summed E-state index contributed by atoms with van der Waals surface area (Å²) in [4.78, 5) is 0. The zero-order valence-corrected chi connectivity index (χ0v) is 14.7. The normalized spacial score (nSPS) is 19.5. The Bertz CT molecular complexity index is 511. The average Bonchev–Trinajstić information content (AvgIpc) is 2.44. The minimum absolute atomic E-state index is 0.192. The maximum atomic E-state index is 6.14. The lowest BCUT2D eigenvalue weighted by atomic mass is 9.89. The van der Waals surface area contributed by atoms with Crippen molar-refractivity contribution < 1.29 is 14.2 Å². The SMILES string of the molecule is COc1cc2c(cc1OC)C(NCCC(C)C)CC(C)(C)O2. The van der Waals surface area contributed by atoms with Crippen molar-refractivity contribution in [2.75, 3.05) is 20.8 Å². The minimum atomic E-state index is -0.192. The Balaban J connectivity index is 2.29. The number of nitrogens with one attached hydrogen (secondary N) is 1. The molecule has 1 aliphatic heterocycles. The van der Waals surface area contributed by atoms with Crippen LogP contribution in [0, 0.1) is 5.92 Å². The number of benzene rings is 1. The van der Waals surface area contributed by atoms with Crippen molar-refractivity contribution in [2.45, 2.75) is 52.2 Å². The van der Waals surface area contributed by atoms with Crippen LogP contribution >= 0.6 is 0 Å². The van der Waals surface area contributed by atoms with E-state index in [4.69, 9.17) is 14.2 Å². The fourth-order valence-electron chi connectivity index (χ4n) is 2.91. The summed E-state index contributed by atoms with van der Waals surface area (Å²) in [6.45, 7) is 9.76. The van der Waals surface area contributed by atoms with Crippen molar-refractivity contribution in [3.63, 3.8) is 0 Å². The summed E-state index contributed by atoms with van der Waals surface area (Å²) in [6.07, 6.45) is 2.11. The standard InChI is InChI=1S/C18H29NO3/c1-12(2)7-8-19-14-11-18(3,4)22-15-10-17(21-6)16(20-5)9-13(14)15/h9-10,12,14,19H,7-8,11H2,1-6H3. The molecule has 1 atom stereocenters. The van der Waals surface area contributed by atoms with E-state index in [2.05, 4.69) is 33.0 Å². The third-order valence-corrected chi connectivity index (χ3v) is 4.09. The van der Waals surface area contributed by atoms with Crippen LogP contribution in [0.2, 0.25) is 0 Å². The van der Waals surface area contributed by atoms with Gasteiger partial charge in [0.2, 0.25) is 0 Å². The van der Waals surface area contributed by atoms with Gasteiger partial charge in [-0.05, 0) is 38.8 Å². The van der Waals surface area contributed by atoms with Crippen LogP contribution in [0.1, 0.15) is 52.1 Å². The van der Waals surface area contributed by atoms with Gasteiger partial charge in [0.05, 0.1) is 14.2 Å². The van der Waals surface area contributed by atoms with Crippen molar-refractivity contribution >= 4 is 0 Å². The lowest BCUT2D eigenvalue weighted by Gasteiger charge is -2.38. The maximum absolute atomic E-state index is 6.14. The fourth-order valence-corrected chi connectivity index (χ4v) is 2.91. The minimum Gasteiger partial charge on any atom is -0.493 e. The molecule has 1 heterocycles. The molecule has 1 aliphatic rings. The molecule has 1 unspecified atom stereocenters. The predicted octanol–water partition coefficient (Wildman–Crippen LogP) is 3.94. The topological polar surface area (TPSA) is 39.7 Å². The van der Waals surface area contributed by atoms with E-state index in [0.29, 0.717) is 11.7 Å². The number of methoxy groups -OCH3 is 2. The maximum Gasteiger partial charge on any atom is 0.164 e. The number of hydrogen-bond donors (Lipinski definition) is 1. The van der Waals surface area contributed by atoms with Crippen molar-refractivity contribution in [1.82, 2.24) is 5.32 Å². The molecule has 2 rings (SSSR count). The Morgan fingerprint density at radius 2 is 1.86 bits per heavy atom. The van der Waals surface area contributed by atoms with E-state index in [0.717, 1.165) is 30.0 Å². The molecular weight excluding hydrogens is 278 g/mol. The fraction of sp³-hybridized carbons (Fsp3) is 0.667. The summed E-state index contributed by atoms with van der Waals surface area (Å²) in [5.41, 5.74) is 0.961. The van der Waals surface area contributed by atoms with Gasteiger partial charge in [-0.15, -0.1) is 0 Å². The molecule has 0 saturated heterocycles. The second kappa shape index (κ2) is 6.78. The van der Waals surface area contributed by atoms with Gasteiger partial charge in [0.25, 0.3) is 0 Å². The molecule has 124 valence electrons. The molecule has 1 aromatic carbocycles. The van der Waals surface area contributed by atoms with Crippen LogP contribution in [0.25, 0.3) is 0 Å². The summed E-state index contributed by atoms with van der Waals surface area (Å²) in [6, 6.07) is 4.25. The monoisotopic (exact) mass is 307 g/mol. The van der Waals surface area contributed by atoms with Crippen LogP contribution in [-0.4, -0.2) is 26.4 Å². The largest absolute Gasteiger partial charge is 0.493 e. The summed E-state index contributed by atoms with van der Waals surface area (Å²) in [7, 11) is 3.32. The molecule has 1 N–H and O–H groups in total. The molecule has 0 aliphatic carbocycles. The smallest absolute Gasteiger partial charge is 0.164 e. The lowest BCUT2D eigenvalue weighted by Crippen LogP contribution is -2.39. The lowest BCUT2D eigenvalue weighted by molar-refractivity contribution is 0.0653. The van der Waals surface area contributed by atoms with Gasteiger partial charge in [0, 0.05) is 24.1 Å². The summed E-state index contributed by atoms with van der Waals surface area (Å²) < 4.78 is 17.0. The highest BCUT2D eigenvalue weighted by Gasteiger charge is 2.34. The van der Waals surface area contributed by atoms with Crippen molar-refractivity contribution in [2.24, 2.45) is 5.92 Å². The number of fused-ring (bicyclic) bond motifs is 1. The molecule has 22 heavy (non-hydrogen) atoms. The first-order valence-corrected chi connectivity index (χ1v) is 8.04. The molecule has 4 heteroatoms. The van der Waals surface area contributed by atoms with Crippen LogP contribution in [0.15, 0.2) is 12.1 Å². The first-order valence-electron chi connectivity index (χ1n) is 8.04. The first-order chi connectivity index (χ1) is 10.4. The molecule has 0 fully saturated rings. The number of hydrogen-bond acceptors (Lipinski definition) is 4. The van der Waals surface area contributed by atoms with Crippen LogP contribution < -0.4 is 19.5 Å². The van der Waals surface area contributed by atoms with E-state index in [-0.39, 0.29) is 11.6 Å². The Morgan fingerprint density at radius 1 is 1.23 bits per heavy atom. The summed E-state index contributed by atoms with van der Waals surface area (Å²) >= 11 is 0. The number of rotatable bonds is 6. The Kier molecular flexibility index (Phi) is 5.22. The van der Waals surface area contributed by atoms with Gasteiger partial charge in [-0.1, -0.05) is 13.8 Å². The third kappa shape index (κ3) is 3.86. The van der Waals surface area contributed by atoms with Crippen LogP contribution in [0.3, 0.4) is 0 Å². The molecule has 0 bridgehead atoms. The molecular formula is C18H29NO3. The highest BCUT2D eigenvalue weighted by Crippen LogP contribution is 2.44. The van der Waals surface area contributed by atoms with Crippen LogP contribution in [0.4, 0.5) is 0 Å². The van der Waals surface area contributed by atoms with E-state index in [1.54, 1.807) is 14.2 Å². The van der Waals surface area contributed by atoms with Gasteiger partial charge < -0.3 is 19.5 Å². The van der Waals surface area contributed by atoms with Gasteiger partial charge in [-0.25, -0.2) is 0 Å². The van der Waals surface area contributed by atoms with E-state index in [1.165, 1.54) is 6.42 Å². The molecule has 4 nitrogen and oxygen atoms in total. The van der Waals surface area contributed by atoms with Gasteiger partial charge >= 0.3 is 0 Å². The zero-order chi connectivity index (χ0) is 16.3. The van der Waals surface area contributed by atoms with Gasteiger partial charge in [-0.3, -0.25) is 0 Å². The van der Waals surface area contributed by atoms with Gasteiger partial charge in [0.1, 0.15) is 11.4 Å². The molecule has 1 aromatic rings. The van der Waals surface area contributed by atoms with E-state index < -0.39 is 0 Å². The molecule has 0 spiro atoms. The van der Waals surface area contributed by atoms with Gasteiger partial charge in [-0.2, -0.15) is 0 Å². The average molecular weight is 307 g/mol. The molecule has 0 saturated carbocycles. The molecule has 0 aromatic heterocycles. The third-order valence-electron chi connectivity index (χ3n) is 4.09. The second-order valence-corrected chi connectivity index (χ2v) is 7.00. The quantitative estimate of drug-likeness (QED) is 0.864. The van der Waals surface area contributed by atoms with Crippen LogP contribution in [0.5, 0.6) is 17.2 Å². The van der Waals surface area contributed by atoms with E-state index in [1.807, 2.05) is 12.1 Å². The summed E-state index contributed by atoms with van der Waals surface area (Å²) in [5, 5.41) is 3.68. The van der Waals surface area contributed by atoms with Crippen molar-refractivity contribution in [3.05, 3.63) is 17.7 Å². The molecule has 0 amide bonds. The number of ether oxygens (including phenoxy) is 3. The van der Waals surface area contributed by atoms with Crippen molar-refractivity contribution in [3.8, 4) is 17.2 Å². The van der Waals surface area contributed by atoms with Crippen molar-refractivity contribution in [1.29, 1.82) is 0 Å². The highest BCUT2D eigenvalue weighted by atomic mass is 16.5. The Hall–Kier alpha value is -1.42.